The number of anilines is 1. The maximum absolute atomic E-state index is 12.6. The molecule has 134 valence electrons. The monoisotopic (exact) mass is 355 g/mol. The largest absolute Gasteiger partial charge is 0.376 e. The molecular formula is C16H17N7O3. The van der Waals surface area contributed by atoms with E-state index in [1.807, 2.05) is 16.5 Å². The highest BCUT2D eigenvalue weighted by atomic mass is 16.6. The summed E-state index contributed by atoms with van der Waals surface area (Å²) in [6.45, 7) is 1.10. The first-order valence-electron chi connectivity index (χ1n) is 8.31. The zero-order valence-electron chi connectivity index (χ0n) is 14.1. The van der Waals surface area contributed by atoms with Crippen molar-refractivity contribution < 1.29 is 4.92 Å². The summed E-state index contributed by atoms with van der Waals surface area (Å²) in [5, 5.41) is 19.7. The molecule has 0 spiro atoms. The van der Waals surface area contributed by atoms with Crippen molar-refractivity contribution in [2.24, 2.45) is 7.05 Å². The molecular weight excluding hydrogens is 338 g/mol. The summed E-state index contributed by atoms with van der Waals surface area (Å²) in [5.41, 5.74) is -0.775. The van der Waals surface area contributed by atoms with Gasteiger partial charge >= 0.3 is 11.2 Å². The molecule has 26 heavy (non-hydrogen) atoms. The fourth-order valence-corrected chi connectivity index (χ4v) is 3.49. The Hall–Kier alpha value is -3.30. The highest BCUT2D eigenvalue weighted by molar-refractivity contribution is 5.61. The first-order valence-corrected chi connectivity index (χ1v) is 8.31. The Morgan fingerprint density at radius 2 is 2.19 bits per heavy atom. The van der Waals surface area contributed by atoms with Crippen LogP contribution in [0.4, 0.5) is 11.5 Å². The highest BCUT2D eigenvalue weighted by Crippen LogP contribution is 2.31. The minimum atomic E-state index is -0.670. The van der Waals surface area contributed by atoms with Crippen molar-refractivity contribution >= 4 is 17.2 Å². The average molecular weight is 355 g/mol. The highest BCUT2D eigenvalue weighted by Gasteiger charge is 2.32. The molecule has 0 aromatic carbocycles. The molecule has 0 amide bonds. The van der Waals surface area contributed by atoms with Gasteiger partial charge in [0.15, 0.2) is 0 Å². The van der Waals surface area contributed by atoms with Crippen LogP contribution in [0.25, 0.3) is 5.65 Å². The van der Waals surface area contributed by atoms with E-state index in [0.29, 0.717) is 18.7 Å². The van der Waals surface area contributed by atoms with Crippen LogP contribution in [-0.4, -0.2) is 42.2 Å². The van der Waals surface area contributed by atoms with Gasteiger partial charge in [0, 0.05) is 32.3 Å². The summed E-state index contributed by atoms with van der Waals surface area (Å²) in [5.74, 6) is 1.03. The summed E-state index contributed by atoms with van der Waals surface area (Å²) < 4.78 is 3.05. The van der Waals surface area contributed by atoms with Crippen LogP contribution < -0.4 is 10.5 Å². The Morgan fingerprint density at radius 3 is 2.92 bits per heavy atom. The van der Waals surface area contributed by atoms with Gasteiger partial charge in [-0.15, -0.1) is 10.2 Å². The SMILES string of the molecule is Cn1cnnc1[C@@H]1CCCN(c2nc3ccccn3c(=O)c2[N+](=O)[O-])C1. The quantitative estimate of drug-likeness (QED) is 0.511. The second-order valence-corrected chi connectivity index (χ2v) is 6.36. The van der Waals surface area contributed by atoms with E-state index in [-0.39, 0.29) is 11.7 Å². The predicted octanol–water partition coefficient (Wildman–Crippen LogP) is 1.12. The van der Waals surface area contributed by atoms with E-state index in [4.69, 9.17) is 0 Å². The Labute approximate surface area is 147 Å². The van der Waals surface area contributed by atoms with Crippen molar-refractivity contribution in [1.29, 1.82) is 0 Å². The predicted molar refractivity (Wildman–Crippen MR) is 93.3 cm³/mol. The topological polar surface area (TPSA) is 111 Å². The summed E-state index contributed by atoms with van der Waals surface area (Å²) in [7, 11) is 1.87. The Kier molecular flexibility index (Phi) is 3.86. The third-order valence-corrected chi connectivity index (χ3v) is 4.71. The molecule has 3 aromatic heterocycles. The summed E-state index contributed by atoms with van der Waals surface area (Å²) in [6.07, 6.45) is 4.85. The maximum Gasteiger partial charge on any atom is 0.376 e. The van der Waals surface area contributed by atoms with Crippen LogP contribution in [0.2, 0.25) is 0 Å². The number of rotatable bonds is 3. The molecule has 3 aromatic rings. The third kappa shape index (κ3) is 2.59. The molecule has 4 heterocycles. The van der Waals surface area contributed by atoms with Crippen LogP contribution in [0.15, 0.2) is 35.5 Å². The van der Waals surface area contributed by atoms with Gasteiger partial charge in [0.1, 0.15) is 17.8 Å². The Bertz CT molecular complexity index is 1040. The smallest absolute Gasteiger partial charge is 0.350 e. The van der Waals surface area contributed by atoms with E-state index in [1.54, 1.807) is 24.5 Å². The minimum absolute atomic E-state index is 0.0758. The zero-order valence-corrected chi connectivity index (χ0v) is 14.1. The van der Waals surface area contributed by atoms with Crippen LogP contribution in [0.5, 0.6) is 0 Å². The normalized spacial score (nSPS) is 17.6. The van der Waals surface area contributed by atoms with E-state index in [0.717, 1.165) is 18.7 Å². The second-order valence-electron chi connectivity index (χ2n) is 6.36. The number of aryl methyl sites for hydroxylation is 1. The van der Waals surface area contributed by atoms with Gasteiger partial charge < -0.3 is 9.47 Å². The molecule has 10 heteroatoms. The Balaban J connectivity index is 1.80. The maximum atomic E-state index is 12.6. The number of aromatic nitrogens is 5. The van der Waals surface area contributed by atoms with E-state index in [2.05, 4.69) is 15.2 Å². The molecule has 0 saturated carbocycles. The van der Waals surface area contributed by atoms with Crippen molar-refractivity contribution in [1.82, 2.24) is 24.1 Å². The van der Waals surface area contributed by atoms with Gasteiger partial charge in [-0.2, -0.15) is 0 Å². The van der Waals surface area contributed by atoms with E-state index in [1.165, 1.54) is 10.6 Å². The van der Waals surface area contributed by atoms with Crippen LogP contribution in [0.3, 0.4) is 0 Å². The van der Waals surface area contributed by atoms with Gasteiger partial charge in [0.25, 0.3) is 0 Å². The molecule has 1 fully saturated rings. The number of hydrogen-bond donors (Lipinski definition) is 0. The van der Waals surface area contributed by atoms with E-state index >= 15 is 0 Å². The molecule has 0 aliphatic carbocycles. The molecule has 1 saturated heterocycles. The van der Waals surface area contributed by atoms with Crippen molar-refractivity contribution in [2.45, 2.75) is 18.8 Å². The van der Waals surface area contributed by atoms with Gasteiger partial charge in [0.05, 0.1) is 4.92 Å². The molecule has 1 aliphatic heterocycles. The Morgan fingerprint density at radius 1 is 1.35 bits per heavy atom. The molecule has 1 atom stereocenters. The minimum Gasteiger partial charge on any atom is -0.350 e. The second kappa shape index (κ2) is 6.21. The number of fused-ring (bicyclic) bond motifs is 1. The van der Waals surface area contributed by atoms with Gasteiger partial charge in [-0.3, -0.25) is 19.3 Å². The van der Waals surface area contributed by atoms with Gasteiger partial charge in [-0.25, -0.2) is 4.98 Å². The lowest BCUT2D eigenvalue weighted by Gasteiger charge is -2.32. The van der Waals surface area contributed by atoms with Gasteiger partial charge in [0.2, 0.25) is 5.82 Å². The van der Waals surface area contributed by atoms with Gasteiger partial charge in [-0.05, 0) is 25.0 Å². The van der Waals surface area contributed by atoms with E-state index < -0.39 is 16.2 Å². The molecule has 0 bridgehead atoms. The molecule has 0 N–H and O–H groups in total. The van der Waals surface area contributed by atoms with Crippen molar-refractivity contribution in [3.05, 3.63) is 57.0 Å². The van der Waals surface area contributed by atoms with Gasteiger partial charge in [-0.1, -0.05) is 6.07 Å². The third-order valence-electron chi connectivity index (χ3n) is 4.71. The fraction of sp³-hybridized carbons (Fsp3) is 0.375. The standard InChI is InChI=1S/C16H17N7O3/c1-20-10-17-19-14(20)11-5-4-7-21(9-11)15-13(23(25)26)16(24)22-8-3-2-6-12(22)18-15/h2-3,6,8,10-11H,4-5,7,9H2,1H3/t11-/m1/s1. The average Bonchev–Trinajstić information content (AvgIpc) is 3.07. The molecule has 0 unspecified atom stereocenters. The number of nitrogens with zero attached hydrogens (tertiary/aromatic N) is 7. The van der Waals surface area contributed by atoms with Crippen LogP contribution in [0.1, 0.15) is 24.6 Å². The number of nitro groups is 1. The molecule has 1 aliphatic rings. The fourth-order valence-electron chi connectivity index (χ4n) is 3.49. The summed E-state index contributed by atoms with van der Waals surface area (Å²) in [4.78, 5) is 29.8. The van der Waals surface area contributed by atoms with Crippen molar-refractivity contribution in [2.75, 3.05) is 18.0 Å². The zero-order chi connectivity index (χ0) is 18.3. The molecule has 4 rings (SSSR count). The summed E-state index contributed by atoms with van der Waals surface area (Å²) >= 11 is 0. The van der Waals surface area contributed by atoms with E-state index in [9.17, 15) is 14.9 Å². The first kappa shape index (κ1) is 16.2. The number of hydrogen-bond acceptors (Lipinski definition) is 7. The lowest BCUT2D eigenvalue weighted by Crippen LogP contribution is -2.37. The van der Waals surface area contributed by atoms with Crippen LogP contribution in [-0.2, 0) is 7.05 Å². The van der Waals surface area contributed by atoms with Crippen LogP contribution >= 0.6 is 0 Å². The van der Waals surface area contributed by atoms with Crippen LogP contribution in [0, 0.1) is 10.1 Å². The van der Waals surface area contributed by atoms with Crippen molar-refractivity contribution in [3.63, 3.8) is 0 Å². The lowest BCUT2D eigenvalue weighted by atomic mass is 9.97. The van der Waals surface area contributed by atoms with Crippen molar-refractivity contribution in [3.8, 4) is 0 Å². The number of pyridine rings is 1. The lowest BCUT2D eigenvalue weighted by molar-refractivity contribution is -0.385. The molecule has 0 radical (unpaired) electrons. The first-order chi connectivity index (χ1) is 12.6. The summed E-state index contributed by atoms with van der Waals surface area (Å²) in [6, 6.07) is 5.05. The number of piperidine rings is 1. The molecule has 10 nitrogen and oxygen atoms in total.